The molecule has 0 radical (unpaired) electrons. The number of hydrogen-bond acceptors (Lipinski definition) is 6. The summed E-state index contributed by atoms with van der Waals surface area (Å²) in [6.45, 7) is 13.7. The zero-order valence-corrected chi connectivity index (χ0v) is 34.2. The minimum atomic E-state index is -0.545. The van der Waals surface area contributed by atoms with Gasteiger partial charge in [0.05, 0.1) is 25.3 Å². The molecule has 0 unspecified atom stereocenters. The number of methoxy groups -OCH3 is 2. The average Bonchev–Trinajstić information content (AvgIpc) is 4.12. The van der Waals surface area contributed by atoms with Crippen LogP contribution in [0.4, 0.5) is 0 Å². The van der Waals surface area contributed by atoms with Crippen LogP contribution in [0.5, 0.6) is 0 Å². The fraction of sp³-hybridized carbons (Fsp3) is 0.417. The van der Waals surface area contributed by atoms with E-state index >= 15 is 0 Å². The van der Waals surface area contributed by atoms with Crippen LogP contribution in [0, 0.1) is 13.8 Å². The van der Waals surface area contributed by atoms with Gasteiger partial charge in [0.2, 0.25) is 0 Å². The molecule has 0 saturated heterocycles. The highest BCUT2D eigenvalue weighted by atomic mass is 35.5. The number of ketones is 1. The lowest BCUT2D eigenvalue weighted by Gasteiger charge is -2.38. The fourth-order valence-corrected chi connectivity index (χ4v) is 8.63. The van der Waals surface area contributed by atoms with Crippen LogP contribution in [-0.4, -0.2) is 37.2 Å². The summed E-state index contributed by atoms with van der Waals surface area (Å²) in [5, 5.41) is -0.545. The van der Waals surface area contributed by atoms with Crippen molar-refractivity contribution in [3.63, 3.8) is 0 Å². The molecular formula is C48H53ClO6. The SMILES string of the molecule is COC(=O)c1ccc(C(=O)Cl)cc1.COC(=O)c1ccc(C(=O)c2cc3c(cc2C)C(C)(C)CCC32CC2)cc1.Cc1ccc2c(c1)C(C)(C)CCC21CC1. The molecule has 2 fully saturated rings. The summed E-state index contributed by atoms with van der Waals surface area (Å²) >= 11 is 5.21. The van der Waals surface area contributed by atoms with Crippen molar-refractivity contribution in [2.24, 2.45) is 0 Å². The van der Waals surface area contributed by atoms with Crippen molar-refractivity contribution >= 4 is 34.6 Å². The van der Waals surface area contributed by atoms with Crippen molar-refractivity contribution in [3.05, 3.63) is 140 Å². The molecule has 4 aliphatic rings. The molecule has 0 heterocycles. The summed E-state index contributed by atoms with van der Waals surface area (Å²) in [4.78, 5) is 46.4. The number of hydrogen-bond donors (Lipinski definition) is 0. The highest BCUT2D eigenvalue weighted by Crippen LogP contribution is 2.60. The Morgan fingerprint density at radius 2 is 0.927 bits per heavy atom. The van der Waals surface area contributed by atoms with Crippen molar-refractivity contribution in [2.75, 3.05) is 14.2 Å². The first-order chi connectivity index (χ1) is 26.0. The first-order valence-corrected chi connectivity index (χ1v) is 19.7. The summed E-state index contributed by atoms with van der Waals surface area (Å²) in [5.74, 6) is -0.809. The van der Waals surface area contributed by atoms with E-state index in [1.165, 1.54) is 107 Å². The van der Waals surface area contributed by atoms with E-state index in [1.54, 1.807) is 35.4 Å². The summed E-state index contributed by atoms with van der Waals surface area (Å²) in [5.41, 5.74) is 12.6. The molecule has 4 aliphatic carbocycles. The van der Waals surface area contributed by atoms with Crippen molar-refractivity contribution in [3.8, 4) is 0 Å². The van der Waals surface area contributed by atoms with E-state index in [0.29, 0.717) is 38.5 Å². The molecule has 0 bridgehead atoms. The monoisotopic (exact) mass is 760 g/mol. The number of rotatable bonds is 5. The molecule has 0 atom stereocenters. The first-order valence-electron chi connectivity index (χ1n) is 19.3. The lowest BCUT2D eigenvalue weighted by Crippen LogP contribution is -2.30. The molecule has 0 aliphatic heterocycles. The molecule has 6 nitrogen and oxygen atoms in total. The van der Waals surface area contributed by atoms with Gasteiger partial charge in [-0.1, -0.05) is 69.7 Å². The highest BCUT2D eigenvalue weighted by molar-refractivity contribution is 6.67. The number of halogens is 1. The highest BCUT2D eigenvalue weighted by Gasteiger charge is 2.51. The standard InChI is InChI=1S/C24H26O3.C15H20.C9H7ClO3/c1-15-13-19-20(24(11-12-24)10-9-23(19,2)3)14-18(15)21(25)16-5-7-17(8-6-16)22(26)27-4;1-11-4-5-12-13(10-11)14(2,3)6-7-15(12)8-9-15;1-13-9(12)7-4-2-6(3-5-7)8(10)11/h5-8,13-14H,9-12H2,1-4H3;4-5,10H,6-9H2,1-3H3;2-5H,1H3. The number of ether oxygens (including phenoxy) is 2. The number of benzene rings is 4. The second-order valence-electron chi connectivity index (χ2n) is 17.3. The minimum absolute atomic E-state index is 0.0193. The molecule has 55 heavy (non-hydrogen) atoms. The van der Waals surface area contributed by atoms with Crippen LogP contribution in [0.2, 0.25) is 0 Å². The largest absolute Gasteiger partial charge is 0.465 e. The van der Waals surface area contributed by atoms with E-state index in [4.69, 9.17) is 16.3 Å². The predicted molar refractivity (Wildman–Crippen MR) is 218 cm³/mol. The lowest BCUT2D eigenvalue weighted by atomic mass is 9.66. The van der Waals surface area contributed by atoms with Crippen LogP contribution in [0.25, 0.3) is 0 Å². The maximum absolute atomic E-state index is 13.2. The Kier molecular flexibility index (Phi) is 11.1. The van der Waals surface area contributed by atoms with Crippen molar-refractivity contribution in [1.82, 2.24) is 0 Å². The maximum Gasteiger partial charge on any atom is 0.337 e. The van der Waals surface area contributed by atoms with Gasteiger partial charge in [-0.3, -0.25) is 9.59 Å². The van der Waals surface area contributed by atoms with E-state index in [0.717, 1.165) is 11.1 Å². The smallest absolute Gasteiger partial charge is 0.337 e. The number of aryl methyl sites for hydroxylation is 2. The van der Waals surface area contributed by atoms with Crippen molar-refractivity contribution < 1.29 is 28.7 Å². The van der Waals surface area contributed by atoms with Gasteiger partial charge in [0.25, 0.3) is 5.24 Å². The molecule has 0 N–H and O–H groups in total. The normalized spacial score (nSPS) is 18.2. The van der Waals surface area contributed by atoms with Crippen LogP contribution in [0.1, 0.15) is 159 Å². The van der Waals surface area contributed by atoms with Crippen LogP contribution >= 0.6 is 11.6 Å². The van der Waals surface area contributed by atoms with Crippen LogP contribution in [0.3, 0.4) is 0 Å². The van der Waals surface area contributed by atoms with Gasteiger partial charge in [0.1, 0.15) is 0 Å². The Bertz CT molecular complexity index is 2130. The number of carbonyl (C=O) groups excluding carboxylic acids is 4. The van der Waals surface area contributed by atoms with Gasteiger partial charge in [0, 0.05) is 16.7 Å². The zero-order valence-electron chi connectivity index (χ0n) is 33.5. The topological polar surface area (TPSA) is 86.7 Å². The molecule has 8 rings (SSSR count). The van der Waals surface area contributed by atoms with Gasteiger partial charge in [-0.05, 0) is 169 Å². The zero-order chi connectivity index (χ0) is 39.9. The molecule has 7 heteroatoms. The molecular weight excluding hydrogens is 708 g/mol. The molecule has 4 aromatic carbocycles. The lowest BCUT2D eigenvalue weighted by molar-refractivity contribution is 0.0592. The Morgan fingerprint density at radius 3 is 1.38 bits per heavy atom. The minimum Gasteiger partial charge on any atom is -0.465 e. The van der Waals surface area contributed by atoms with Gasteiger partial charge < -0.3 is 9.47 Å². The van der Waals surface area contributed by atoms with Crippen LogP contribution in [0.15, 0.2) is 78.9 Å². The summed E-state index contributed by atoms with van der Waals surface area (Å²) < 4.78 is 9.21. The molecule has 2 spiro atoms. The van der Waals surface area contributed by atoms with Gasteiger partial charge >= 0.3 is 11.9 Å². The third-order valence-corrected chi connectivity index (χ3v) is 12.9. The Labute approximate surface area is 331 Å². The van der Waals surface area contributed by atoms with Crippen molar-refractivity contribution in [1.29, 1.82) is 0 Å². The Balaban J connectivity index is 0.000000155. The molecule has 0 aromatic heterocycles. The van der Waals surface area contributed by atoms with E-state index < -0.39 is 17.2 Å². The van der Waals surface area contributed by atoms with Crippen LogP contribution < -0.4 is 0 Å². The first kappa shape index (κ1) is 40.1. The average molecular weight is 761 g/mol. The van der Waals surface area contributed by atoms with E-state index in [2.05, 4.69) is 69.7 Å². The van der Waals surface area contributed by atoms with Gasteiger partial charge in [-0.2, -0.15) is 0 Å². The van der Waals surface area contributed by atoms with Crippen LogP contribution in [-0.2, 0) is 31.1 Å². The fourth-order valence-electron chi connectivity index (χ4n) is 8.50. The predicted octanol–water partition coefficient (Wildman–Crippen LogP) is 11.1. The summed E-state index contributed by atoms with van der Waals surface area (Å²) in [6, 6.07) is 24.2. The summed E-state index contributed by atoms with van der Waals surface area (Å²) in [6.07, 6.45) is 10.5. The van der Waals surface area contributed by atoms with E-state index in [9.17, 15) is 19.2 Å². The maximum atomic E-state index is 13.2. The van der Waals surface area contributed by atoms with E-state index in [1.807, 2.05) is 6.92 Å². The summed E-state index contributed by atoms with van der Waals surface area (Å²) in [7, 11) is 2.65. The van der Waals surface area contributed by atoms with Gasteiger partial charge in [0.15, 0.2) is 5.78 Å². The van der Waals surface area contributed by atoms with Gasteiger partial charge in [-0.15, -0.1) is 0 Å². The third-order valence-electron chi connectivity index (χ3n) is 12.7. The second-order valence-corrected chi connectivity index (χ2v) is 17.7. The van der Waals surface area contributed by atoms with Gasteiger partial charge in [-0.25, -0.2) is 9.59 Å². The molecule has 4 aromatic rings. The van der Waals surface area contributed by atoms with E-state index in [-0.39, 0.29) is 11.2 Å². The Hall–Kier alpha value is -4.55. The quantitative estimate of drug-likeness (QED) is 0.114. The number of carbonyl (C=O) groups is 4. The van der Waals surface area contributed by atoms with Crippen molar-refractivity contribution in [2.45, 2.75) is 115 Å². The third kappa shape index (κ3) is 8.21. The molecule has 0 amide bonds. The second kappa shape index (κ2) is 15.2. The number of fused-ring (bicyclic) bond motifs is 4. The molecule has 288 valence electrons. The Morgan fingerprint density at radius 1 is 0.509 bits per heavy atom. The number of esters is 2. The molecule has 2 saturated carbocycles.